The molecule has 2 amide bonds. The van der Waals surface area contributed by atoms with Crippen molar-refractivity contribution in [2.45, 2.75) is 25.8 Å². The van der Waals surface area contributed by atoms with Crippen molar-refractivity contribution in [3.63, 3.8) is 0 Å². The molecule has 0 bridgehead atoms. The second kappa shape index (κ2) is 9.87. The Morgan fingerprint density at radius 3 is 2.60 bits per heavy atom. The van der Waals surface area contributed by atoms with Gasteiger partial charge in [0.05, 0.1) is 23.6 Å². The van der Waals surface area contributed by atoms with Gasteiger partial charge in [-0.05, 0) is 60.0 Å². The first-order valence-electron chi connectivity index (χ1n) is 10.8. The van der Waals surface area contributed by atoms with Gasteiger partial charge >= 0.3 is 0 Å². The van der Waals surface area contributed by atoms with Crippen molar-refractivity contribution in [3.05, 3.63) is 85.8 Å². The fraction of sp³-hybridized carbons (Fsp3) is 0.231. The highest BCUT2D eigenvalue weighted by Gasteiger charge is 2.45. The van der Waals surface area contributed by atoms with Crippen LogP contribution in [-0.2, 0) is 4.79 Å². The molecule has 4 rings (SSSR count). The maximum atomic E-state index is 14.4. The number of carbonyl (C=O) groups excluding carboxylic acids is 2. The third-order valence-corrected chi connectivity index (χ3v) is 6.94. The SMILES string of the molecule is CC(C)CN1C(=O)c2ccc(F)cc2C(C(=O)Nc2cc(Cl)cc(C#N)c2)C1c1ccc(C#N)s1. The van der Waals surface area contributed by atoms with E-state index in [1.807, 2.05) is 19.9 Å². The first-order valence-corrected chi connectivity index (χ1v) is 12.0. The number of rotatable bonds is 5. The second-order valence-electron chi connectivity index (χ2n) is 8.65. The van der Waals surface area contributed by atoms with E-state index in [0.29, 0.717) is 22.0 Å². The van der Waals surface area contributed by atoms with Gasteiger partial charge in [0.2, 0.25) is 5.91 Å². The molecule has 0 saturated carbocycles. The van der Waals surface area contributed by atoms with Gasteiger partial charge in [0.1, 0.15) is 16.8 Å². The molecule has 2 atom stereocenters. The van der Waals surface area contributed by atoms with E-state index in [2.05, 4.69) is 11.4 Å². The molecule has 176 valence electrons. The summed E-state index contributed by atoms with van der Waals surface area (Å²) >= 11 is 7.30. The van der Waals surface area contributed by atoms with E-state index in [4.69, 9.17) is 11.6 Å². The van der Waals surface area contributed by atoms with Gasteiger partial charge in [0.25, 0.3) is 5.91 Å². The number of nitriles is 2. The van der Waals surface area contributed by atoms with Crippen LogP contribution >= 0.6 is 22.9 Å². The van der Waals surface area contributed by atoms with Crippen LogP contribution < -0.4 is 5.32 Å². The zero-order valence-electron chi connectivity index (χ0n) is 18.9. The minimum atomic E-state index is -0.966. The summed E-state index contributed by atoms with van der Waals surface area (Å²) in [6, 6.07) is 15.0. The van der Waals surface area contributed by atoms with E-state index in [0.717, 1.165) is 0 Å². The molecule has 9 heteroatoms. The smallest absolute Gasteiger partial charge is 0.254 e. The molecule has 0 fully saturated rings. The molecule has 0 saturated heterocycles. The number of benzene rings is 2. The Balaban J connectivity index is 1.88. The Kier molecular flexibility index (Phi) is 6.88. The highest BCUT2D eigenvalue weighted by molar-refractivity contribution is 7.12. The van der Waals surface area contributed by atoms with Crippen molar-refractivity contribution in [2.75, 3.05) is 11.9 Å². The molecule has 2 unspecified atom stereocenters. The number of nitrogens with one attached hydrogen (secondary N) is 1. The predicted molar refractivity (Wildman–Crippen MR) is 132 cm³/mol. The van der Waals surface area contributed by atoms with Gasteiger partial charge in [-0.1, -0.05) is 25.4 Å². The first kappa shape index (κ1) is 24.4. The summed E-state index contributed by atoms with van der Waals surface area (Å²) in [4.78, 5) is 30.0. The number of carbonyl (C=O) groups is 2. The van der Waals surface area contributed by atoms with E-state index in [9.17, 15) is 24.5 Å². The number of amides is 2. The summed E-state index contributed by atoms with van der Waals surface area (Å²) < 4.78 is 14.4. The van der Waals surface area contributed by atoms with Crippen LogP contribution in [0.25, 0.3) is 0 Å². The van der Waals surface area contributed by atoms with E-state index in [-0.39, 0.29) is 33.5 Å². The Labute approximate surface area is 211 Å². The molecule has 0 spiro atoms. The van der Waals surface area contributed by atoms with Crippen molar-refractivity contribution in [2.24, 2.45) is 5.92 Å². The number of nitrogens with zero attached hydrogens (tertiary/aromatic N) is 3. The van der Waals surface area contributed by atoms with Crippen LogP contribution in [0.15, 0.2) is 48.5 Å². The molecule has 1 aliphatic rings. The lowest BCUT2D eigenvalue weighted by Gasteiger charge is -2.42. The summed E-state index contributed by atoms with van der Waals surface area (Å²) in [5.41, 5.74) is 1.11. The molecule has 0 aliphatic carbocycles. The van der Waals surface area contributed by atoms with E-state index in [1.165, 1.54) is 47.7 Å². The van der Waals surface area contributed by atoms with E-state index < -0.39 is 23.7 Å². The number of fused-ring (bicyclic) bond motifs is 1. The molecule has 2 aromatic carbocycles. The molecule has 2 heterocycles. The fourth-order valence-electron chi connectivity index (χ4n) is 4.33. The normalized spacial score (nSPS) is 17.0. The predicted octanol–water partition coefficient (Wildman–Crippen LogP) is 5.86. The zero-order chi connectivity index (χ0) is 25.3. The maximum Gasteiger partial charge on any atom is 0.254 e. The molecule has 0 radical (unpaired) electrons. The van der Waals surface area contributed by atoms with Crippen LogP contribution in [0.3, 0.4) is 0 Å². The van der Waals surface area contributed by atoms with E-state index >= 15 is 0 Å². The van der Waals surface area contributed by atoms with Crippen LogP contribution in [0, 0.1) is 34.4 Å². The largest absolute Gasteiger partial charge is 0.329 e. The van der Waals surface area contributed by atoms with Crippen LogP contribution in [0.4, 0.5) is 10.1 Å². The molecule has 1 aliphatic heterocycles. The fourth-order valence-corrected chi connectivity index (χ4v) is 5.52. The van der Waals surface area contributed by atoms with Crippen LogP contribution in [0.2, 0.25) is 5.02 Å². The lowest BCUT2D eigenvalue weighted by atomic mass is 9.81. The summed E-state index contributed by atoms with van der Waals surface area (Å²) in [6.07, 6.45) is 0. The van der Waals surface area contributed by atoms with Gasteiger partial charge in [-0.15, -0.1) is 11.3 Å². The zero-order valence-corrected chi connectivity index (χ0v) is 20.5. The Bertz CT molecular complexity index is 1410. The van der Waals surface area contributed by atoms with Crippen LogP contribution in [0.5, 0.6) is 0 Å². The maximum absolute atomic E-state index is 14.4. The lowest BCUT2D eigenvalue weighted by Crippen LogP contribution is -2.47. The van der Waals surface area contributed by atoms with Gasteiger partial charge < -0.3 is 10.2 Å². The number of hydrogen-bond donors (Lipinski definition) is 1. The Hall–Kier alpha value is -3.72. The Morgan fingerprint density at radius 2 is 1.94 bits per heavy atom. The van der Waals surface area contributed by atoms with Crippen LogP contribution in [0.1, 0.15) is 57.0 Å². The summed E-state index contributed by atoms with van der Waals surface area (Å²) in [5.74, 6) is -2.23. The minimum Gasteiger partial charge on any atom is -0.329 e. The van der Waals surface area contributed by atoms with Crippen molar-refractivity contribution in [1.82, 2.24) is 4.90 Å². The van der Waals surface area contributed by atoms with Crippen molar-refractivity contribution >= 4 is 40.4 Å². The Morgan fingerprint density at radius 1 is 1.17 bits per heavy atom. The first-order chi connectivity index (χ1) is 16.7. The summed E-state index contributed by atoms with van der Waals surface area (Å²) in [7, 11) is 0. The average molecular weight is 507 g/mol. The second-order valence-corrected chi connectivity index (χ2v) is 10.2. The van der Waals surface area contributed by atoms with Gasteiger partial charge in [0, 0.05) is 27.7 Å². The van der Waals surface area contributed by atoms with Gasteiger partial charge in [-0.3, -0.25) is 9.59 Å². The molecule has 35 heavy (non-hydrogen) atoms. The minimum absolute atomic E-state index is 0.0914. The highest BCUT2D eigenvalue weighted by atomic mass is 35.5. The van der Waals surface area contributed by atoms with Crippen LogP contribution in [-0.4, -0.2) is 23.3 Å². The number of halogens is 2. The molecule has 6 nitrogen and oxygen atoms in total. The third-order valence-electron chi connectivity index (χ3n) is 5.66. The standard InChI is InChI=1S/C26H20ClFN4O2S/c1-14(2)13-32-24(22-6-4-19(12-30)35-22)23(21-10-17(28)3-5-20(21)26(32)34)25(33)31-18-8-15(11-29)7-16(27)9-18/h3-10,14,23-24H,13H2,1-2H3,(H,31,33). The van der Waals surface area contributed by atoms with Gasteiger partial charge in [-0.2, -0.15) is 10.5 Å². The molecule has 3 aromatic rings. The number of thiophene rings is 1. The highest BCUT2D eigenvalue weighted by Crippen LogP contribution is 2.45. The van der Waals surface area contributed by atoms with Crippen molar-refractivity contribution < 1.29 is 14.0 Å². The molecule has 1 N–H and O–H groups in total. The monoisotopic (exact) mass is 506 g/mol. The van der Waals surface area contributed by atoms with Crippen molar-refractivity contribution in [3.8, 4) is 12.1 Å². The lowest BCUT2D eigenvalue weighted by molar-refractivity contribution is -0.119. The average Bonchev–Trinajstić information content (AvgIpc) is 3.28. The molecular formula is C26H20ClFN4O2S. The number of hydrogen-bond acceptors (Lipinski definition) is 5. The molecular weight excluding hydrogens is 487 g/mol. The quantitative estimate of drug-likeness (QED) is 0.468. The third kappa shape index (κ3) is 4.90. The topological polar surface area (TPSA) is 97.0 Å². The van der Waals surface area contributed by atoms with Gasteiger partial charge in [0.15, 0.2) is 0 Å². The summed E-state index contributed by atoms with van der Waals surface area (Å²) in [6.45, 7) is 4.29. The van der Waals surface area contributed by atoms with Crippen molar-refractivity contribution in [1.29, 1.82) is 10.5 Å². The van der Waals surface area contributed by atoms with Gasteiger partial charge in [-0.25, -0.2) is 4.39 Å². The summed E-state index contributed by atoms with van der Waals surface area (Å²) in [5, 5.41) is 21.7. The number of anilines is 1. The van der Waals surface area contributed by atoms with E-state index in [1.54, 1.807) is 17.0 Å². The molecule has 1 aromatic heterocycles.